The average Bonchev–Trinajstić information content (AvgIpc) is 2.83. The van der Waals surface area contributed by atoms with E-state index in [-0.39, 0.29) is 0 Å². The van der Waals surface area contributed by atoms with Crippen molar-refractivity contribution in [3.63, 3.8) is 0 Å². The maximum atomic E-state index is 4.67. The maximum absolute atomic E-state index is 4.67. The molecule has 0 fully saturated rings. The van der Waals surface area contributed by atoms with E-state index >= 15 is 0 Å². The van der Waals surface area contributed by atoms with Crippen molar-refractivity contribution in [2.75, 3.05) is 11.9 Å². The summed E-state index contributed by atoms with van der Waals surface area (Å²) in [6.07, 6.45) is 1.85. The zero-order chi connectivity index (χ0) is 11.0. The molecule has 5 heteroatoms. The number of halogens is 1. The molecule has 1 aromatic carbocycles. The molecule has 1 aromatic heterocycles. The van der Waals surface area contributed by atoms with Crippen molar-refractivity contribution >= 4 is 44.4 Å². The summed E-state index contributed by atoms with van der Waals surface area (Å²) in [6, 6.07) is 6.04. The summed E-state index contributed by atoms with van der Waals surface area (Å²) < 4.78 is 1.01. The lowest BCUT2D eigenvalue weighted by Gasteiger charge is -2.17. The van der Waals surface area contributed by atoms with Crippen LogP contribution in [0.5, 0.6) is 0 Å². The third-order valence-corrected chi connectivity index (χ3v) is 3.86. The fourth-order valence-electron chi connectivity index (χ4n) is 1.63. The van der Waals surface area contributed by atoms with Gasteiger partial charge in [0.15, 0.2) is 0 Å². The molecule has 0 unspecified atom stereocenters. The highest BCUT2D eigenvalue weighted by atomic mass is 79.9. The van der Waals surface area contributed by atoms with Gasteiger partial charge < -0.3 is 5.32 Å². The highest BCUT2D eigenvalue weighted by Gasteiger charge is 2.15. The normalized spacial score (nSPS) is 13.9. The second-order valence-corrected chi connectivity index (χ2v) is 5.15. The molecule has 2 aromatic rings. The lowest BCUT2D eigenvalue weighted by molar-refractivity contribution is 1.29. The summed E-state index contributed by atoms with van der Waals surface area (Å²) in [5, 5.41) is 3.36. The number of hydrogen-bond acceptors (Lipinski definition) is 4. The number of thiazole rings is 1. The number of aliphatic imine (C=N–C) groups is 1. The Kier molecular flexibility index (Phi) is 2.49. The molecule has 0 aliphatic carbocycles. The quantitative estimate of drug-likeness (QED) is 0.874. The molecule has 1 aliphatic rings. The summed E-state index contributed by atoms with van der Waals surface area (Å²) >= 11 is 5.13. The zero-order valence-electron chi connectivity index (χ0n) is 8.27. The van der Waals surface area contributed by atoms with E-state index in [4.69, 9.17) is 0 Å². The number of hydrogen-bond donors (Lipinski definition) is 1. The number of rotatable bonds is 1. The van der Waals surface area contributed by atoms with E-state index in [2.05, 4.69) is 31.2 Å². The van der Waals surface area contributed by atoms with E-state index in [1.54, 1.807) is 11.3 Å². The highest BCUT2D eigenvalue weighted by Crippen LogP contribution is 2.36. The van der Waals surface area contributed by atoms with Crippen LogP contribution in [0.2, 0.25) is 0 Å². The van der Waals surface area contributed by atoms with Crippen molar-refractivity contribution in [3.8, 4) is 0 Å². The van der Waals surface area contributed by atoms with E-state index in [0.29, 0.717) is 0 Å². The van der Waals surface area contributed by atoms with Gasteiger partial charge in [0.1, 0.15) is 5.69 Å². The fraction of sp³-hybridized carbons (Fsp3) is 0.0909. The van der Waals surface area contributed by atoms with Crippen LogP contribution in [0.4, 0.5) is 11.4 Å². The predicted octanol–water partition coefficient (Wildman–Crippen LogP) is 3.45. The molecule has 2 heterocycles. The molecule has 0 saturated carbocycles. The molecule has 0 amide bonds. The van der Waals surface area contributed by atoms with E-state index in [9.17, 15) is 0 Å². The molecule has 1 aliphatic heterocycles. The number of benzene rings is 1. The first-order valence-electron chi connectivity index (χ1n) is 4.83. The number of nitrogens with zero attached hydrogens (tertiary/aromatic N) is 2. The minimum Gasteiger partial charge on any atom is -0.378 e. The van der Waals surface area contributed by atoms with Gasteiger partial charge in [-0.05, 0) is 28.1 Å². The van der Waals surface area contributed by atoms with E-state index in [1.165, 1.54) is 0 Å². The van der Waals surface area contributed by atoms with Crippen molar-refractivity contribution in [3.05, 3.63) is 39.3 Å². The first-order valence-corrected chi connectivity index (χ1v) is 6.50. The molecule has 3 nitrogen and oxygen atoms in total. The predicted molar refractivity (Wildman–Crippen MR) is 70.9 cm³/mol. The number of anilines is 1. The Morgan fingerprint density at radius 3 is 3.12 bits per heavy atom. The molecular weight excluding hydrogens is 286 g/mol. The van der Waals surface area contributed by atoms with Crippen LogP contribution in [0.3, 0.4) is 0 Å². The summed E-state index contributed by atoms with van der Waals surface area (Å²) in [4.78, 5) is 9.86. The first kappa shape index (κ1) is 9.99. The Balaban J connectivity index is 2.10. The molecule has 0 radical (unpaired) electrons. The van der Waals surface area contributed by atoms with Crippen molar-refractivity contribution in [1.29, 1.82) is 0 Å². The Hall–Kier alpha value is -1.20. The number of para-hydroxylation sites is 1. The summed E-state index contributed by atoms with van der Waals surface area (Å²) in [5.41, 5.74) is 4.91. The van der Waals surface area contributed by atoms with Gasteiger partial charge in [-0.2, -0.15) is 0 Å². The zero-order valence-corrected chi connectivity index (χ0v) is 10.7. The van der Waals surface area contributed by atoms with Gasteiger partial charge in [-0.25, -0.2) is 4.99 Å². The Morgan fingerprint density at radius 1 is 1.38 bits per heavy atom. The maximum Gasteiger partial charge on any atom is 0.101 e. The van der Waals surface area contributed by atoms with Gasteiger partial charge in [-0.3, -0.25) is 4.98 Å². The number of fused-ring (bicyclic) bond motifs is 1. The molecule has 80 valence electrons. The minimum absolute atomic E-state index is 0.756. The smallest absolute Gasteiger partial charge is 0.101 e. The van der Waals surface area contributed by atoms with Gasteiger partial charge >= 0.3 is 0 Å². The molecule has 3 rings (SSSR count). The van der Waals surface area contributed by atoms with E-state index in [1.807, 2.05) is 29.9 Å². The first-order chi connectivity index (χ1) is 7.84. The van der Waals surface area contributed by atoms with Crippen LogP contribution < -0.4 is 5.32 Å². The van der Waals surface area contributed by atoms with Crippen molar-refractivity contribution in [2.45, 2.75) is 0 Å². The summed E-state index contributed by atoms with van der Waals surface area (Å²) in [6.45, 7) is 0.756. The summed E-state index contributed by atoms with van der Waals surface area (Å²) in [5.74, 6) is 0. The van der Waals surface area contributed by atoms with Gasteiger partial charge in [0.25, 0.3) is 0 Å². The van der Waals surface area contributed by atoms with E-state index in [0.717, 1.165) is 33.0 Å². The fourth-order valence-corrected chi connectivity index (χ4v) is 2.69. The Labute approximate surface area is 105 Å². The standard InChI is InChI=1S/C11H8BrN3S/c12-7-2-1-3-8-11(7)15-9(4-14-8)10-5-13-6-16-10/h1-3,5-6,14H,4H2. The van der Waals surface area contributed by atoms with Crippen LogP contribution in [0.1, 0.15) is 4.88 Å². The molecule has 0 spiro atoms. The monoisotopic (exact) mass is 293 g/mol. The molecule has 0 saturated heterocycles. The van der Waals surface area contributed by atoms with Gasteiger partial charge in [0.05, 0.1) is 28.3 Å². The van der Waals surface area contributed by atoms with Crippen molar-refractivity contribution in [2.24, 2.45) is 4.99 Å². The molecule has 0 bridgehead atoms. The van der Waals surface area contributed by atoms with Gasteiger partial charge in [-0.1, -0.05) is 6.07 Å². The van der Waals surface area contributed by atoms with Gasteiger partial charge in [0.2, 0.25) is 0 Å². The van der Waals surface area contributed by atoms with Crippen LogP contribution in [0.15, 0.2) is 39.4 Å². The van der Waals surface area contributed by atoms with E-state index < -0.39 is 0 Å². The van der Waals surface area contributed by atoms with Crippen LogP contribution in [-0.4, -0.2) is 17.2 Å². The molecule has 0 atom stereocenters. The Morgan fingerprint density at radius 2 is 2.31 bits per heavy atom. The van der Waals surface area contributed by atoms with Gasteiger partial charge in [-0.15, -0.1) is 11.3 Å². The number of nitrogens with one attached hydrogen (secondary N) is 1. The second-order valence-electron chi connectivity index (χ2n) is 3.41. The van der Waals surface area contributed by atoms with Crippen molar-refractivity contribution < 1.29 is 0 Å². The third kappa shape index (κ3) is 1.66. The highest BCUT2D eigenvalue weighted by molar-refractivity contribution is 9.10. The SMILES string of the molecule is Brc1cccc2c1N=C(c1cncs1)CN2. The van der Waals surface area contributed by atoms with Crippen LogP contribution >= 0.6 is 27.3 Å². The number of aromatic nitrogens is 1. The minimum atomic E-state index is 0.756. The Bertz CT molecular complexity index is 548. The molecule has 1 N–H and O–H groups in total. The largest absolute Gasteiger partial charge is 0.378 e. The topological polar surface area (TPSA) is 37.3 Å². The third-order valence-electron chi connectivity index (χ3n) is 2.40. The molecular formula is C11H8BrN3S. The molecule has 16 heavy (non-hydrogen) atoms. The van der Waals surface area contributed by atoms with Crippen LogP contribution in [0, 0.1) is 0 Å². The lowest BCUT2D eigenvalue weighted by atomic mass is 10.2. The van der Waals surface area contributed by atoms with Crippen LogP contribution in [0.25, 0.3) is 0 Å². The lowest BCUT2D eigenvalue weighted by Crippen LogP contribution is -2.17. The van der Waals surface area contributed by atoms with Crippen molar-refractivity contribution in [1.82, 2.24) is 4.98 Å². The average molecular weight is 294 g/mol. The van der Waals surface area contributed by atoms with Crippen LogP contribution in [-0.2, 0) is 0 Å². The summed E-state index contributed by atoms with van der Waals surface area (Å²) in [7, 11) is 0. The van der Waals surface area contributed by atoms with Gasteiger partial charge in [0, 0.05) is 10.7 Å². The second kappa shape index (κ2) is 3.99.